The Balaban J connectivity index is 2.51. The van der Waals surface area contributed by atoms with Crippen molar-refractivity contribution in [2.24, 2.45) is 5.73 Å². The van der Waals surface area contributed by atoms with Crippen LogP contribution in [0.2, 0.25) is 0 Å². The van der Waals surface area contributed by atoms with Crippen LogP contribution in [0.15, 0.2) is 24.3 Å². The van der Waals surface area contributed by atoms with Crippen LogP contribution in [0.5, 0.6) is 5.75 Å². The van der Waals surface area contributed by atoms with Gasteiger partial charge in [0.2, 0.25) is 5.91 Å². The Labute approximate surface area is 107 Å². The van der Waals surface area contributed by atoms with E-state index in [-0.39, 0.29) is 24.3 Å². The van der Waals surface area contributed by atoms with Crippen molar-refractivity contribution in [2.75, 3.05) is 6.61 Å². The fraction of sp³-hybridized carbons (Fsp3) is 0.462. The van der Waals surface area contributed by atoms with Crippen LogP contribution >= 0.6 is 0 Å². The summed E-state index contributed by atoms with van der Waals surface area (Å²) in [5, 5.41) is 20.8. The summed E-state index contributed by atoms with van der Waals surface area (Å²) in [5.41, 5.74) is 6.67. The average Bonchev–Trinajstić information content (AvgIpc) is 2.38. The van der Waals surface area contributed by atoms with E-state index in [0.717, 1.165) is 5.56 Å². The number of benzene rings is 1. The predicted octanol–water partition coefficient (Wildman–Crippen LogP) is 0.149. The van der Waals surface area contributed by atoms with Crippen LogP contribution in [-0.2, 0) is 11.2 Å². The van der Waals surface area contributed by atoms with E-state index in [9.17, 15) is 4.79 Å². The molecule has 5 nitrogen and oxygen atoms in total. The molecule has 1 aromatic rings. The van der Waals surface area contributed by atoms with E-state index < -0.39 is 6.04 Å². The monoisotopic (exact) mass is 252 g/mol. The van der Waals surface area contributed by atoms with Crippen molar-refractivity contribution >= 4 is 5.91 Å². The van der Waals surface area contributed by atoms with Gasteiger partial charge in [-0.1, -0.05) is 19.1 Å². The number of carbonyl (C=O) groups is 1. The number of aromatic hydroxyl groups is 1. The largest absolute Gasteiger partial charge is 0.508 e. The maximum atomic E-state index is 11.7. The van der Waals surface area contributed by atoms with Crippen molar-refractivity contribution in [3.05, 3.63) is 29.8 Å². The highest BCUT2D eigenvalue weighted by molar-refractivity contribution is 5.82. The Bertz CT molecular complexity index is 374. The van der Waals surface area contributed by atoms with Crippen LogP contribution in [0.25, 0.3) is 0 Å². The van der Waals surface area contributed by atoms with Gasteiger partial charge in [-0.2, -0.15) is 0 Å². The Morgan fingerprint density at radius 1 is 1.39 bits per heavy atom. The second-order valence-electron chi connectivity index (χ2n) is 4.27. The molecular weight excluding hydrogens is 232 g/mol. The third-order valence-electron chi connectivity index (χ3n) is 2.79. The molecule has 1 rings (SSSR count). The molecule has 0 unspecified atom stereocenters. The van der Waals surface area contributed by atoms with Crippen LogP contribution in [-0.4, -0.2) is 34.8 Å². The van der Waals surface area contributed by atoms with E-state index in [0.29, 0.717) is 12.8 Å². The van der Waals surface area contributed by atoms with Crippen molar-refractivity contribution in [2.45, 2.75) is 31.8 Å². The van der Waals surface area contributed by atoms with Crippen molar-refractivity contribution in [3.63, 3.8) is 0 Å². The highest BCUT2D eigenvalue weighted by Crippen LogP contribution is 2.10. The van der Waals surface area contributed by atoms with Crippen molar-refractivity contribution in [3.8, 4) is 5.75 Å². The number of phenols is 1. The first kappa shape index (κ1) is 14.5. The van der Waals surface area contributed by atoms with Crippen LogP contribution in [0.4, 0.5) is 0 Å². The smallest absolute Gasteiger partial charge is 0.237 e. The number of nitrogens with one attached hydrogen (secondary N) is 1. The third kappa shape index (κ3) is 4.35. The zero-order chi connectivity index (χ0) is 13.5. The first-order chi connectivity index (χ1) is 8.56. The van der Waals surface area contributed by atoms with Gasteiger partial charge >= 0.3 is 0 Å². The second kappa shape index (κ2) is 6.98. The standard InChI is InChI=1S/C13H20N2O3/c1-2-10(8-16)15-13(18)12(14)7-9-3-5-11(17)6-4-9/h3-6,10,12,16-17H,2,7-8,14H2,1H3,(H,15,18)/t10-,12+/m1/s1. The molecule has 5 heteroatoms. The summed E-state index contributed by atoms with van der Waals surface area (Å²) in [6.07, 6.45) is 1.06. The number of amides is 1. The van der Waals surface area contributed by atoms with E-state index in [1.54, 1.807) is 24.3 Å². The number of hydrogen-bond acceptors (Lipinski definition) is 4. The highest BCUT2D eigenvalue weighted by atomic mass is 16.3. The third-order valence-corrected chi connectivity index (χ3v) is 2.79. The molecule has 1 aromatic carbocycles. The maximum absolute atomic E-state index is 11.7. The minimum absolute atomic E-state index is 0.0891. The topological polar surface area (TPSA) is 95.6 Å². The molecule has 0 saturated carbocycles. The fourth-order valence-corrected chi connectivity index (χ4v) is 1.56. The number of aliphatic hydroxyl groups excluding tert-OH is 1. The van der Waals surface area contributed by atoms with Gasteiger partial charge in [-0.25, -0.2) is 0 Å². The summed E-state index contributed by atoms with van der Waals surface area (Å²) in [5.74, 6) is -0.0907. The lowest BCUT2D eigenvalue weighted by molar-refractivity contribution is -0.123. The van der Waals surface area contributed by atoms with Crippen LogP contribution in [0, 0.1) is 0 Å². The summed E-state index contributed by atoms with van der Waals surface area (Å²) in [4.78, 5) is 11.7. The molecule has 0 heterocycles. The Morgan fingerprint density at radius 2 is 2.00 bits per heavy atom. The molecule has 0 aromatic heterocycles. The lowest BCUT2D eigenvalue weighted by atomic mass is 10.1. The molecule has 0 aliphatic heterocycles. The molecule has 0 saturated heterocycles. The van der Waals surface area contributed by atoms with Gasteiger partial charge in [0.25, 0.3) is 0 Å². The minimum atomic E-state index is -0.657. The number of nitrogens with two attached hydrogens (primary N) is 1. The summed E-state index contributed by atoms with van der Waals surface area (Å²) in [6, 6.07) is 5.67. The molecule has 0 aliphatic carbocycles. The van der Waals surface area contributed by atoms with Crippen LogP contribution < -0.4 is 11.1 Å². The van der Waals surface area contributed by atoms with Crippen LogP contribution in [0.1, 0.15) is 18.9 Å². The zero-order valence-corrected chi connectivity index (χ0v) is 10.5. The Kier molecular flexibility index (Phi) is 5.61. The summed E-state index contributed by atoms with van der Waals surface area (Å²) >= 11 is 0. The predicted molar refractivity (Wildman–Crippen MR) is 69.1 cm³/mol. The molecule has 0 radical (unpaired) electrons. The summed E-state index contributed by atoms with van der Waals surface area (Å²) in [6.45, 7) is 1.79. The number of hydrogen-bond donors (Lipinski definition) is 4. The van der Waals surface area contributed by atoms with E-state index in [2.05, 4.69) is 5.32 Å². The van der Waals surface area contributed by atoms with E-state index in [1.807, 2.05) is 6.92 Å². The molecule has 18 heavy (non-hydrogen) atoms. The molecule has 100 valence electrons. The van der Waals surface area contributed by atoms with Crippen LogP contribution in [0.3, 0.4) is 0 Å². The molecule has 0 spiro atoms. The van der Waals surface area contributed by atoms with Gasteiger partial charge in [0, 0.05) is 0 Å². The molecule has 0 bridgehead atoms. The quantitative estimate of drug-likeness (QED) is 0.579. The fourth-order valence-electron chi connectivity index (χ4n) is 1.56. The minimum Gasteiger partial charge on any atom is -0.508 e. The van der Waals surface area contributed by atoms with Gasteiger partial charge in [-0.3, -0.25) is 4.79 Å². The van der Waals surface area contributed by atoms with Gasteiger partial charge in [0.05, 0.1) is 18.7 Å². The molecule has 0 aliphatic rings. The first-order valence-electron chi connectivity index (χ1n) is 6.01. The lowest BCUT2D eigenvalue weighted by Gasteiger charge is -2.17. The van der Waals surface area contributed by atoms with Gasteiger partial charge in [0.1, 0.15) is 5.75 Å². The zero-order valence-electron chi connectivity index (χ0n) is 10.5. The van der Waals surface area contributed by atoms with Gasteiger partial charge in [0.15, 0.2) is 0 Å². The first-order valence-corrected chi connectivity index (χ1v) is 6.01. The number of phenolic OH excluding ortho intramolecular Hbond substituents is 1. The van der Waals surface area contributed by atoms with Gasteiger partial charge in [-0.15, -0.1) is 0 Å². The molecule has 2 atom stereocenters. The second-order valence-corrected chi connectivity index (χ2v) is 4.27. The highest BCUT2D eigenvalue weighted by Gasteiger charge is 2.17. The van der Waals surface area contributed by atoms with Crippen molar-refractivity contribution in [1.82, 2.24) is 5.32 Å². The Hall–Kier alpha value is -1.59. The number of rotatable bonds is 6. The van der Waals surface area contributed by atoms with Gasteiger partial charge in [-0.05, 0) is 30.5 Å². The molecule has 5 N–H and O–H groups in total. The average molecular weight is 252 g/mol. The van der Waals surface area contributed by atoms with E-state index in [4.69, 9.17) is 15.9 Å². The number of aliphatic hydroxyl groups is 1. The Morgan fingerprint density at radius 3 is 2.50 bits per heavy atom. The van der Waals surface area contributed by atoms with Crippen molar-refractivity contribution < 1.29 is 15.0 Å². The molecule has 0 fully saturated rings. The summed E-state index contributed by atoms with van der Waals surface area (Å²) in [7, 11) is 0. The number of carbonyl (C=O) groups excluding carboxylic acids is 1. The van der Waals surface area contributed by atoms with E-state index >= 15 is 0 Å². The summed E-state index contributed by atoms with van der Waals surface area (Å²) < 4.78 is 0. The lowest BCUT2D eigenvalue weighted by Crippen LogP contribution is -2.47. The SMILES string of the molecule is CC[C@H](CO)NC(=O)[C@@H](N)Cc1ccc(O)cc1. The normalized spacial score (nSPS) is 13.9. The molecular formula is C13H20N2O3. The maximum Gasteiger partial charge on any atom is 0.237 e. The van der Waals surface area contributed by atoms with Gasteiger partial charge < -0.3 is 21.3 Å². The van der Waals surface area contributed by atoms with Crippen molar-refractivity contribution in [1.29, 1.82) is 0 Å². The molecule has 1 amide bonds. The van der Waals surface area contributed by atoms with E-state index in [1.165, 1.54) is 0 Å².